The molecule has 1 saturated carbocycles. The predicted octanol–water partition coefficient (Wildman–Crippen LogP) is 3.70. The summed E-state index contributed by atoms with van der Waals surface area (Å²) in [6, 6.07) is 4.75. The fourth-order valence-corrected chi connectivity index (χ4v) is 4.78. The van der Waals surface area contributed by atoms with Crippen LogP contribution in [0.1, 0.15) is 57.4 Å². The van der Waals surface area contributed by atoms with Crippen molar-refractivity contribution in [3.63, 3.8) is 0 Å². The van der Waals surface area contributed by atoms with Gasteiger partial charge in [-0.15, -0.1) is 24.8 Å². The van der Waals surface area contributed by atoms with Crippen LogP contribution in [0.2, 0.25) is 0 Å². The summed E-state index contributed by atoms with van der Waals surface area (Å²) in [5, 5.41) is 6.65. The number of rotatable bonds is 4. The van der Waals surface area contributed by atoms with Gasteiger partial charge in [-0.2, -0.15) is 0 Å². The van der Waals surface area contributed by atoms with E-state index in [1.165, 1.54) is 38.5 Å². The summed E-state index contributed by atoms with van der Waals surface area (Å²) in [6.07, 6.45) is 10.5. The lowest BCUT2D eigenvalue weighted by atomic mass is 9.85. The zero-order valence-corrected chi connectivity index (χ0v) is 18.4. The van der Waals surface area contributed by atoms with Gasteiger partial charge >= 0.3 is 0 Å². The van der Waals surface area contributed by atoms with E-state index in [2.05, 4.69) is 39.6 Å². The minimum atomic E-state index is -0.00864. The van der Waals surface area contributed by atoms with Crippen molar-refractivity contribution in [2.75, 3.05) is 18.0 Å². The number of aromatic nitrogens is 1. The van der Waals surface area contributed by atoms with Gasteiger partial charge in [0.2, 0.25) is 5.91 Å². The van der Waals surface area contributed by atoms with Crippen LogP contribution in [0.5, 0.6) is 0 Å². The lowest BCUT2D eigenvalue weighted by Gasteiger charge is -2.31. The Bertz CT molecular complexity index is 605. The number of nitrogens with zero attached hydrogens (tertiary/aromatic N) is 2. The van der Waals surface area contributed by atoms with E-state index < -0.39 is 0 Å². The third kappa shape index (κ3) is 5.52. The number of carbonyl (C=O) groups excluding carboxylic acids is 1. The minimum Gasteiger partial charge on any atom is -0.357 e. The molecule has 4 rings (SSSR count). The van der Waals surface area contributed by atoms with Gasteiger partial charge in [0.15, 0.2) is 0 Å². The Morgan fingerprint density at radius 3 is 2.61 bits per heavy atom. The number of amides is 1. The quantitative estimate of drug-likeness (QED) is 0.767. The Hall–Kier alpha value is -1.04. The number of piperidine rings is 1. The first kappa shape index (κ1) is 23.2. The minimum absolute atomic E-state index is 0. The fourth-order valence-electron chi connectivity index (χ4n) is 4.78. The van der Waals surface area contributed by atoms with Gasteiger partial charge in [-0.25, -0.2) is 4.98 Å². The Labute approximate surface area is 181 Å². The number of anilines is 1. The summed E-state index contributed by atoms with van der Waals surface area (Å²) in [7, 11) is 0. The summed E-state index contributed by atoms with van der Waals surface area (Å²) in [4.78, 5) is 19.5. The zero-order chi connectivity index (χ0) is 17.9. The molecule has 2 N–H and O–H groups in total. The SMILES string of the molecule is CC1CCN(c2ccc(CNC(=O)C3CC4CCCCC4N3)cn2)CC1.Cl.Cl. The second-order valence-corrected chi connectivity index (χ2v) is 8.52. The van der Waals surface area contributed by atoms with E-state index >= 15 is 0 Å². The first-order valence-electron chi connectivity index (χ1n) is 10.4. The highest BCUT2D eigenvalue weighted by Gasteiger charge is 2.37. The van der Waals surface area contributed by atoms with Gasteiger partial charge in [0.25, 0.3) is 0 Å². The fraction of sp³-hybridized carbons (Fsp3) is 0.714. The molecule has 2 aliphatic heterocycles. The number of nitrogens with one attached hydrogen (secondary N) is 2. The average Bonchev–Trinajstić information content (AvgIpc) is 3.11. The maximum atomic E-state index is 12.5. The van der Waals surface area contributed by atoms with Crippen molar-refractivity contribution in [3.8, 4) is 0 Å². The van der Waals surface area contributed by atoms with Gasteiger partial charge in [-0.05, 0) is 55.6 Å². The number of hydrogen-bond donors (Lipinski definition) is 2. The molecule has 0 aromatic carbocycles. The van der Waals surface area contributed by atoms with Crippen molar-refractivity contribution >= 4 is 36.5 Å². The first-order valence-corrected chi connectivity index (χ1v) is 10.4. The van der Waals surface area contributed by atoms with Crippen LogP contribution in [0, 0.1) is 11.8 Å². The predicted molar refractivity (Wildman–Crippen MR) is 118 cm³/mol. The van der Waals surface area contributed by atoms with Gasteiger partial charge in [-0.1, -0.05) is 25.8 Å². The molecule has 1 aromatic rings. The topological polar surface area (TPSA) is 57.3 Å². The first-order chi connectivity index (χ1) is 12.7. The summed E-state index contributed by atoms with van der Waals surface area (Å²) in [6.45, 7) is 5.08. The van der Waals surface area contributed by atoms with Crippen LogP contribution in [0.25, 0.3) is 0 Å². The van der Waals surface area contributed by atoms with Crippen LogP contribution in [0.3, 0.4) is 0 Å². The molecule has 3 fully saturated rings. The van der Waals surface area contributed by atoms with E-state index in [1.54, 1.807) is 0 Å². The molecule has 0 spiro atoms. The van der Waals surface area contributed by atoms with Crippen LogP contribution in [-0.2, 0) is 11.3 Å². The van der Waals surface area contributed by atoms with Crippen LogP contribution >= 0.6 is 24.8 Å². The van der Waals surface area contributed by atoms with Crippen molar-refractivity contribution in [1.29, 1.82) is 0 Å². The van der Waals surface area contributed by atoms with Crippen molar-refractivity contribution in [2.24, 2.45) is 11.8 Å². The van der Waals surface area contributed by atoms with Gasteiger partial charge in [0.1, 0.15) is 5.82 Å². The average molecular weight is 429 g/mol. The van der Waals surface area contributed by atoms with Crippen LogP contribution in [0.4, 0.5) is 5.82 Å². The molecule has 7 heteroatoms. The van der Waals surface area contributed by atoms with Gasteiger partial charge in [0, 0.05) is 31.9 Å². The van der Waals surface area contributed by atoms with Gasteiger partial charge in [0.05, 0.1) is 6.04 Å². The molecule has 1 aromatic heterocycles. The maximum Gasteiger partial charge on any atom is 0.237 e. The lowest BCUT2D eigenvalue weighted by molar-refractivity contribution is -0.123. The highest BCUT2D eigenvalue weighted by Crippen LogP contribution is 2.33. The van der Waals surface area contributed by atoms with Crippen molar-refractivity contribution < 1.29 is 4.79 Å². The number of pyridine rings is 1. The molecule has 3 atom stereocenters. The van der Waals surface area contributed by atoms with E-state index in [9.17, 15) is 4.79 Å². The van der Waals surface area contributed by atoms with Crippen LogP contribution < -0.4 is 15.5 Å². The van der Waals surface area contributed by atoms with E-state index in [0.29, 0.717) is 18.5 Å². The second-order valence-electron chi connectivity index (χ2n) is 8.52. The Kier molecular flexibility index (Phi) is 8.84. The van der Waals surface area contributed by atoms with Crippen LogP contribution in [0.15, 0.2) is 18.3 Å². The molecule has 0 radical (unpaired) electrons. The molecule has 2 saturated heterocycles. The molecule has 3 unspecified atom stereocenters. The summed E-state index contributed by atoms with van der Waals surface area (Å²) >= 11 is 0. The number of carbonyl (C=O) groups is 1. The molecular weight excluding hydrogens is 395 g/mol. The molecule has 3 aliphatic rings. The Morgan fingerprint density at radius 2 is 1.93 bits per heavy atom. The molecule has 1 aliphatic carbocycles. The molecule has 3 heterocycles. The van der Waals surface area contributed by atoms with Crippen molar-refractivity contribution in [2.45, 2.75) is 70.5 Å². The number of hydrogen-bond acceptors (Lipinski definition) is 4. The summed E-state index contributed by atoms with van der Waals surface area (Å²) in [5.74, 6) is 2.74. The smallest absolute Gasteiger partial charge is 0.237 e. The largest absolute Gasteiger partial charge is 0.357 e. The number of fused-ring (bicyclic) bond motifs is 1. The second kappa shape index (κ2) is 10.7. The highest BCUT2D eigenvalue weighted by atomic mass is 35.5. The van der Waals surface area contributed by atoms with E-state index in [-0.39, 0.29) is 36.8 Å². The summed E-state index contributed by atoms with van der Waals surface area (Å²) < 4.78 is 0. The molecule has 5 nitrogen and oxygen atoms in total. The van der Waals surface area contributed by atoms with E-state index in [1.807, 2.05) is 6.20 Å². The standard InChI is InChI=1S/C21H32N4O.2ClH/c1-15-8-10-25(11-9-15)20-7-6-16(13-22-20)14-23-21(26)19-12-17-4-2-3-5-18(17)24-19;;/h6-7,13,15,17-19,24H,2-5,8-12,14H2,1H3,(H,23,26);2*1H. The highest BCUT2D eigenvalue weighted by molar-refractivity contribution is 5.85. The van der Waals surface area contributed by atoms with Crippen molar-refractivity contribution in [1.82, 2.24) is 15.6 Å². The monoisotopic (exact) mass is 428 g/mol. The lowest BCUT2D eigenvalue weighted by Crippen LogP contribution is -2.42. The maximum absolute atomic E-state index is 12.5. The third-order valence-corrected chi connectivity index (χ3v) is 6.56. The molecule has 0 bridgehead atoms. The normalized spacial score (nSPS) is 27.3. The van der Waals surface area contributed by atoms with Gasteiger partial charge in [-0.3, -0.25) is 4.79 Å². The third-order valence-electron chi connectivity index (χ3n) is 6.56. The molecule has 1 amide bonds. The zero-order valence-electron chi connectivity index (χ0n) is 16.7. The number of halogens is 2. The summed E-state index contributed by atoms with van der Waals surface area (Å²) in [5.41, 5.74) is 1.07. The van der Waals surface area contributed by atoms with E-state index in [0.717, 1.165) is 36.8 Å². The Morgan fingerprint density at radius 1 is 1.18 bits per heavy atom. The molecule has 28 heavy (non-hydrogen) atoms. The van der Waals surface area contributed by atoms with E-state index in [4.69, 9.17) is 0 Å². The van der Waals surface area contributed by atoms with Crippen molar-refractivity contribution in [3.05, 3.63) is 23.9 Å². The Balaban J connectivity index is 0.00000140. The van der Waals surface area contributed by atoms with Crippen LogP contribution in [-0.4, -0.2) is 36.1 Å². The molecule has 158 valence electrons. The van der Waals surface area contributed by atoms with Gasteiger partial charge < -0.3 is 15.5 Å². The molecular formula is C21H34Cl2N4O.